The van der Waals surface area contributed by atoms with E-state index in [0.717, 1.165) is 29.9 Å². The first-order valence-corrected chi connectivity index (χ1v) is 18.3. The Morgan fingerprint density at radius 1 is 1.02 bits per heavy atom. The number of nitrogens with one attached hydrogen (secondary N) is 1. The highest BCUT2D eigenvalue weighted by atomic mass is 35.5. The highest BCUT2D eigenvalue weighted by Gasteiger charge is 2.31. The van der Waals surface area contributed by atoms with Crippen LogP contribution < -0.4 is 9.46 Å². The number of unbranched alkanes of at least 4 members (excludes halogenated alkanes) is 1. The van der Waals surface area contributed by atoms with E-state index in [1.54, 1.807) is 24.4 Å². The van der Waals surface area contributed by atoms with Crippen molar-refractivity contribution in [1.82, 2.24) is 14.3 Å². The molecule has 0 saturated heterocycles. The van der Waals surface area contributed by atoms with Gasteiger partial charge in [0.2, 0.25) is 10.0 Å². The fourth-order valence-corrected chi connectivity index (χ4v) is 7.54. The van der Waals surface area contributed by atoms with Gasteiger partial charge in [-0.3, -0.25) is 9.36 Å². The Balaban J connectivity index is 1.61. The number of hydrogen-bond donors (Lipinski definition) is 2. The predicted octanol–water partition coefficient (Wildman–Crippen LogP) is 7.19. The number of hydrogen-bond acceptors (Lipinski definition) is 5. The third-order valence-corrected chi connectivity index (χ3v) is 10.7. The number of aromatic nitrogens is 2. The lowest BCUT2D eigenvalue weighted by Crippen LogP contribution is -2.41. The highest BCUT2D eigenvalue weighted by Crippen LogP contribution is 2.38. The van der Waals surface area contributed by atoms with Gasteiger partial charge in [0.25, 0.3) is 0 Å². The van der Waals surface area contributed by atoms with Gasteiger partial charge in [0.05, 0.1) is 50.4 Å². The molecule has 4 aromatic rings. The number of carboxylic acid groups (broad SMARTS) is 1. The van der Waals surface area contributed by atoms with E-state index in [4.69, 9.17) is 27.9 Å². The highest BCUT2D eigenvalue weighted by molar-refractivity contribution is 7.89. The van der Waals surface area contributed by atoms with E-state index >= 15 is 4.39 Å². The zero-order valence-corrected chi connectivity index (χ0v) is 31.3. The monoisotopic (exact) mass is 751 g/mol. The Morgan fingerprint density at radius 3 is 2.30 bits per heavy atom. The third kappa shape index (κ3) is 9.41. The van der Waals surface area contributed by atoms with Crippen LogP contribution in [0.5, 0.6) is 5.75 Å². The molecule has 2 N–H and O–H groups in total. The molecule has 270 valence electrons. The van der Waals surface area contributed by atoms with E-state index in [1.165, 1.54) is 19.2 Å². The van der Waals surface area contributed by atoms with E-state index < -0.39 is 44.0 Å². The summed E-state index contributed by atoms with van der Waals surface area (Å²) in [6.45, 7) is 4.79. The second kappa shape index (κ2) is 15.8. The number of carboxylic acids is 1. The van der Waals surface area contributed by atoms with Gasteiger partial charge in [-0.15, -0.1) is 0 Å². The van der Waals surface area contributed by atoms with E-state index in [2.05, 4.69) is 9.71 Å². The average Bonchev–Trinajstić information content (AvgIpc) is 3.46. The molecule has 50 heavy (non-hydrogen) atoms. The first-order valence-electron chi connectivity index (χ1n) is 16.0. The van der Waals surface area contributed by atoms with Crippen LogP contribution in [-0.2, 0) is 33.1 Å². The van der Waals surface area contributed by atoms with Crippen molar-refractivity contribution in [3.05, 3.63) is 105 Å². The number of imidazole rings is 1. The fourth-order valence-electron chi connectivity index (χ4n) is 5.72. The maximum atomic E-state index is 15.6. The molecule has 0 radical (unpaired) electrons. The van der Waals surface area contributed by atoms with Gasteiger partial charge < -0.3 is 14.3 Å². The minimum Gasteiger partial charge on any atom is -0.495 e. The van der Waals surface area contributed by atoms with Gasteiger partial charge in [-0.1, -0.05) is 43.1 Å². The molecule has 14 heteroatoms. The summed E-state index contributed by atoms with van der Waals surface area (Å²) < 4.78 is 66.1. The minimum absolute atomic E-state index is 0.0509. The van der Waals surface area contributed by atoms with Gasteiger partial charge in [0.15, 0.2) is 0 Å². The van der Waals surface area contributed by atoms with Gasteiger partial charge in [-0.2, -0.15) is 4.72 Å². The maximum absolute atomic E-state index is 15.6. The van der Waals surface area contributed by atoms with Crippen LogP contribution in [0.25, 0.3) is 5.69 Å². The molecule has 0 saturated carbocycles. The third-order valence-electron chi connectivity index (χ3n) is 8.62. The summed E-state index contributed by atoms with van der Waals surface area (Å²) in [5, 5.41) is 10.0. The van der Waals surface area contributed by atoms with E-state index in [-0.39, 0.29) is 29.8 Å². The van der Waals surface area contributed by atoms with Gasteiger partial charge in [0.1, 0.15) is 29.3 Å². The van der Waals surface area contributed by atoms with Gasteiger partial charge in [-0.05, 0) is 79.8 Å². The first kappa shape index (κ1) is 39.2. The molecule has 0 aliphatic rings. The van der Waals surface area contributed by atoms with Crippen molar-refractivity contribution < 1.29 is 36.3 Å². The molecule has 0 aliphatic heterocycles. The van der Waals surface area contributed by atoms with Crippen LogP contribution in [-0.4, -0.2) is 74.4 Å². The van der Waals surface area contributed by atoms with Crippen molar-refractivity contribution in [2.24, 2.45) is 0 Å². The predicted molar refractivity (Wildman–Crippen MR) is 191 cm³/mol. The fraction of sp³-hybridized carbons (Fsp3) is 0.389. The number of benzene rings is 3. The molecule has 0 fully saturated rings. The first-order chi connectivity index (χ1) is 23.3. The number of carbonyl (C=O) groups is 1. The van der Waals surface area contributed by atoms with Crippen LogP contribution in [0.3, 0.4) is 0 Å². The van der Waals surface area contributed by atoms with Crippen LogP contribution in [0.4, 0.5) is 8.78 Å². The van der Waals surface area contributed by atoms with Crippen LogP contribution >= 0.6 is 23.2 Å². The summed E-state index contributed by atoms with van der Waals surface area (Å²) in [6, 6.07) is 12.0. The summed E-state index contributed by atoms with van der Waals surface area (Å²) in [6.07, 6.45) is 3.22. The average molecular weight is 753 g/mol. The van der Waals surface area contributed by atoms with Crippen molar-refractivity contribution in [2.45, 2.75) is 62.3 Å². The molecule has 1 aromatic heterocycles. The summed E-state index contributed by atoms with van der Waals surface area (Å²) in [5.74, 6) is -1.56. The molecule has 0 amide bonds. The Labute approximate surface area is 302 Å². The topological polar surface area (TPSA) is 111 Å². The summed E-state index contributed by atoms with van der Waals surface area (Å²) >= 11 is 12.8. The molecular formula is C36H43Cl2F2N4O5S+. The zero-order valence-electron chi connectivity index (χ0n) is 28.9. The molecule has 4 rings (SSSR count). The summed E-state index contributed by atoms with van der Waals surface area (Å²) in [7, 11) is 3.15. The molecule has 1 atom stereocenters. The van der Waals surface area contributed by atoms with Gasteiger partial charge >= 0.3 is 5.97 Å². The number of nitrogens with zero attached hydrogens (tertiary/aromatic N) is 3. The van der Waals surface area contributed by atoms with Crippen molar-refractivity contribution in [2.75, 3.05) is 34.8 Å². The molecule has 1 heterocycles. The van der Waals surface area contributed by atoms with Crippen LogP contribution in [0.15, 0.2) is 65.7 Å². The second-order valence-electron chi connectivity index (χ2n) is 13.7. The largest absolute Gasteiger partial charge is 0.495 e. The number of sulfonamides is 1. The minimum atomic E-state index is -4.42. The number of aryl methyl sites for hydroxylation is 1. The quantitative estimate of drug-likeness (QED) is 0.0927. The summed E-state index contributed by atoms with van der Waals surface area (Å²) in [4.78, 5) is 16.1. The van der Waals surface area contributed by atoms with Crippen LogP contribution in [0.2, 0.25) is 10.0 Å². The van der Waals surface area contributed by atoms with Crippen LogP contribution in [0, 0.1) is 11.6 Å². The maximum Gasteiger partial charge on any atom is 0.321 e. The molecule has 0 bridgehead atoms. The number of halogens is 4. The summed E-state index contributed by atoms with van der Waals surface area (Å²) in [5.41, 5.74) is 1.68. The molecule has 3 aromatic carbocycles. The number of aliphatic carboxylic acids is 1. The van der Waals surface area contributed by atoms with Crippen molar-refractivity contribution in [1.29, 1.82) is 0 Å². The number of ether oxygens (including phenoxy) is 1. The standard InChI is InChI=1S/C36H42Cl2F2N4O5S/c1-36(2,23-10-16-28(37)32(19-23)49-6)33-22-41-34(43(33)25-13-11-24(39)12-14-25)17-15-27-29(38)20-26(21-30(27)40)50(47,48)42-31(35(45)46)9-7-8-18-44(3,4)5/h10-14,16,19-22,31,42H,7-9,15,17-18H2,1-6H3/p+1/t31-/m0/s1. The Bertz CT molecular complexity index is 1920. The second-order valence-corrected chi connectivity index (χ2v) is 16.3. The zero-order chi connectivity index (χ0) is 37.0. The number of quaternary nitrogens is 1. The Hall–Kier alpha value is -3.55. The van der Waals surface area contributed by atoms with Gasteiger partial charge in [0, 0.05) is 34.3 Å². The SMILES string of the molecule is COc1cc(C(C)(C)c2cnc(CCc3c(F)cc(S(=O)(=O)N[C@@H](CCCC[N+](C)(C)C)C(=O)O)cc3Cl)n2-c2ccc(F)cc2)ccc1Cl. The van der Waals surface area contributed by atoms with E-state index in [9.17, 15) is 22.7 Å². The lowest BCUT2D eigenvalue weighted by Gasteiger charge is -2.28. The lowest BCUT2D eigenvalue weighted by atomic mass is 9.81. The lowest BCUT2D eigenvalue weighted by molar-refractivity contribution is -0.870. The molecule has 9 nitrogen and oxygen atoms in total. The smallest absolute Gasteiger partial charge is 0.321 e. The molecule has 0 unspecified atom stereocenters. The van der Waals surface area contributed by atoms with Gasteiger partial charge in [-0.25, -0.2) is 22.2 Å². The van der Waals surface area contributed by atoms with Crippen LogP contribution in [0.1, 0.15) is 55.8 Å². The Kier molecular flexibility index (Phi) is 12.4. The number of methoxy groups -OCH3 is 1. The normalized spacial score (nSPS) is 13.0. The van der Waals surface area contributed by atoms with E-state index in [1.807, 2.05) is 51.7 Å². The van der Waals surface area contributed by atoms with Crippen molar-refractivity contribution in [3.63, 3.8) is 0 Å². The Morgan fingerprint density at radius 2 is 1.70 bits per heavy atom. The molecule has 0 spiro atoms. The van der Waals surface area contributed by atoms with E-state index in [0.29, 0.717) is 39.6 Å². The molecular weight excluding hydrogens is 709 g/mol. The van der Waals surface area contributed by atoms with Crippen molar-refractivity contribution in [3.8, 4) is 11.4 Å². The number of rotatable bonds is 16. The molecule has 0 aliphatic carbocycles. The van der Waals surface area contributed by atoms with Crippen molar-refractivity contribution >= 4 is 39.2 Å².